The quantitative estimate of drug-likeness (QED) is 0.561. The molecule has 0 amide bonds. The average Bonchev–Trinajstić information content (AvgIpc) is 2.81. The SMILES string of the molecule is Cc1ccc(Cc2cccc3c2CCN(C2CCS(=O)(=O)CC2)C3)cc1-c1ncccc1F. The largest absolute Gasteiger partial charge is 0.296 e. The molecule has 0 bridgehead atoms. The first-order valence-corrected chi connectivity index (χ1v) is 13.5. The topological polar surface area (TPSA) is 50.3 Å². The summed E-state index contributed by atoms with van der Waals surface area (Å²) in [5, 5.41) is 0. The molecule has 0 atom stereocenters. The minimum absolute atomic E-state index is 0.301. The maximum absolute atomic E-state index is 14.4. The highest BCUT2D eigenvalue weighted by Crippen LogP contribution is 2.30. The lowest BCUT2D eigenvalue weighted by molar-refractivity contribution is 0.166. The van der Waals surface area contributed by atoms with E-state index in [1.807, 2.05) is 13.0 Å². The maximum atomic E-state index is 14.4. The Morgan fingerprint density at radius 2 is 1.91 bits per heavy atom. The molecule has 3 aromatic rings. The van der Waals surface area contributed by atoms with Crippen LogP contribution in [-0.4, -0.2) is 42.4 Å². The van der Waals surface area contributed by atoms with Crippen LogP contribution in [0.5, 0.6) is 0 Å². The first kappa shape index (κ1) is 22.2. The summed E-state index contributed by atoms with van der Waals surface area (Å²) in [6, 6.07) is 16.2. The van der Waals surface area contributed by atoms with Gasteiger partial charge in [0, 0.05) is 30.9 Å². The molecule has 0 unspecified atom stereocenters. The number of aryl methyl sites for hydroxylation is 1. The van der Waals surface area contributed by atoms with Crippen LogP contribution in [0.3, 0.4) is 0 Å². The van der Waals surface area contributed by atoms with E-state index >= 15 is 0 Å². The van der Waals surface area contributed by atoms with E-state index in [9.17, 15) is 12.8 Å². The van der Waals surface area contributed by atoms with Crippen LogP contribution in [0.15, 0.2) is 54.7 Å². The van der Waals surface area contributed by atoms with E-state index in [4.69, 9.17) is 0 Å². The van der Waals surface area contributed by atoms with Crippen LogP contribution in [-0.2, 0) is 29.2 Å². The van der Waals surface area contributed by atoms with Crippen molar-refractivity contribution in [1.29, 1.82) is 0 Å². The Hall–Kier alpha value is -2.57. The Labute approximate surface area is 195 Å². The normalized spacial score (nSPS) is 18.7. The highest BCUT2D eigenvalue weighted by molar-refractivity contribution is 7.91. The molecule has 0 saturated carbocycles. The monoisotopic (exact) mass is 464 g/mol. The van der Waals surface area contributed by atoms with E-state index < -0.39 is 9.84 Å². The molecule has 172 valence electrons. The van der Waals surface area contributed by atoms with E-state index in [1.54, 1.807) is 12.3 Å². The third kappa shape index (κ3) is 4.73. The molecule has 2 aliphatic heterocycles. The third-order valence-corrected chi connectivity index (χ3v) is 8.86. The predicted molar refractivity (Wildman–Crippen MR) is 129 cm³/mol. The van der Waals surface area contributed by atoms with Gasteiger partial charge in [-0.1, -0.05) is 30.3 Å². The summed E-state index contributed by atoms with van der Waals surface area (Å²) in [6.45, 7) is 3.84. The lowest BCUT2D eigenvalue weighted by Gasteiger charge is -2.38. The fourth-order valence-corrected chi connectivity index (χ4v) is 6.73. The number of hydrogen-bond donors (Lipinski definition) is 0. The Morgan fingerprint density at radius 1 is 1.09 bits per heavy atom. The van der Waals surface area contributed by atoms with Gasteiger partial charge in [-0.2, -0.15) is 0 Å². The van der Waals surface area contributed by atoms with Crippen molar-refractivity contribution in [2.45, 2.75) is 45.2 Å². The molecule has 6 heteroatoms. The van der Waals surface area contributed by atoms with Crippen molar-refractivity contribution in [1.82, 2.24) is 9.88 Å². The molecule has 2 aromatic carbocycles. The number of rotatable bonds is 4. The summed E-state index contributed by atoms with van der Waals surface area (Å²) in [5.41, 5.74) is 7.46. The number of halogens is 1. The van der Waals surface area contributed by atoms with E-state index in [0.29, 0.717) is 23.2 Å². The number of hydrogen-bond acceptors (Lipinski definition) is 4. The number of benzene rings is 2. The van der Waals surface area contributed by atoms with Crippen molar-refractivity contribution in [2.75, 3.05) is 18.1 Å². The van der Waals surface area contributed by atoms with E-state index in [1.165, 1.54) is 22.8 Å². The minimum Gasteiger partial charge on any atom is -0.296 e. The van der Waals surface area contributed by atoms with Crippen LogP contribution in [0.1, 0.15) is 40.7 Å². The fourth-order valence-electron chi connectivity index (χ4n) is 5.27. The lowest BCUT2D eigenvalue weighted by Crippen LogP contribution is -2.43. The number of pyridine rings is 1. The molecule has 1 fully saturated rings. The first-order chi connectivity index (χ1) is 15.9. The van der Waals surface area contributed by atoms with E-state index in [2.05, 4.69) is 40.2 Å². The molecule has 0 N–H and O–H groups in total. The van der Waals surface area contributed by atoms with Gasteiger partial charge in [0.25, 0.3) is 0 Å². The number of aromatic nitrogens is 1. The summed E-state index contributed by atoms with van der Waals surface area (Å²) in [4.78, 5) is 6.74. The van der Waals surface area contributed by atoms with Crippen molar-refractivity contribution < 1.29 is 12.8 Å². The van der Waals surface area contributed by atoms with Crippen LogP contribution in [0.25, 0.3) is 11.3 Å². The van der Waals surface area contributed by atoms with Gasteiger partial charge in [0.05, 0.1) is 11.5 Å². The molecule has 4 nitrogen and oxygen atoms in total. The molecular formula is C27H29FN2O2S. The molecule has 1 aromatic heterocycles. The zero-order valence-corrected chi connectivity index (χ0v) is 19.7. The molecule has 0 aliphatic carbocycles. The van der Waals surface area contributed by atoms with Gasteiger partial charge in [-0.05, 0) is 78.6 Å². The summed E-state index contributed by atoms with van der Waals surface area (Å²) in [6.07, 6.45) is 4.89. The zero-order chi connectivity index (χ0) is 23.0. The standard InChI is InChI=1S/C27H29FN2O2S/c1-19-7-8-20(17-25(19)27-26(28)6-3-12-29-27)16-21-4-2-5-22-18-30(13-9-24(21)22)23-10-14-33(31,32)15-11-23/h2-8,12,17,23H,9-11,13-16,18H2,1H3. The zero-order valence-electron chi connectivity index (χ0n) is 18.9. The molecule has 33 heavy (non-hydrogen) atoms. The van der Waals surface area contributed by atoms with Gasteiger partial charge in [0.2, 0.25) is 0 Å². The molecule has 1 saturated heterocycles. The smallest absolute Gasteiger partial charge is 0.150 e. The van der Waals surface area contributed by atoms with Crippen LogP contribution in [0.2, 0.25) is 0 Å². The van der Waals surface area contributed by atoms with Crippen molar-refractivity contribution >= 4 is 9.84 Å². The lowest BCUT2D eigenvalue weighted by atomic mass is 9.89. The number of nitrogens with zero attached hydrogens (tertiary/aromatic N) is 2. The van der Waals surface area contributed by atoms with Crippen molar-refractivity contribution in [3.05, 3.63) is 88.4 Å². The van der Waals surface area contributed by atoms with Crippen molar-refractivity contribution in [3.63, 3.8) is 0 Å². The van der Waals surface area contributed by atoms with Crippen LogP contribution in [0.4, 0.5) is 4.39 Å². The molecule has 3 heterocycles. The Kier molecular flexibility index (Phi) is 6.06. The third-order valence-electron chi connectivity index (χ3n) is 7.14. The summed E-state index contributed by atoms with van der Waals surface area (Å²) in [7, 11) is -2.84. The summed E-state index contributed by atoms with van der Waals surface area (Å²) >= 11 is 0. The molecule has 0 radical (unpaired) electrons. The van der Waals surface area contributed by atoms with Gasteiger partial charge in [0.15, 0.2) is 0 Å². The van der Waals surface area contributed by atoms with Crippen molar-refractivity contribution in [2.24, 2.45) is 0 Å². The van der Waals surface area contributed by atoms with Gasteiger partial charge in [-0.25, -0.2) is 12.8 Å². The summed E-state index contributed by atoms with van der Waals surface area (Å²) < 4.78 is 38.0. The van der Waals surface area contributed by atoms with Gasteiger partial charge in [-0.15, -0.1) is 0 Å². The Morgan fingerprint density at radius 3 is 2.70 bits per heavy atom. The second-order valence-corrected chi connectivity index (χ2v) is 11.6. The molecule has 5 rings (SSSR count). The minimum atomic E-state index is -2.84. The Balaban J connectivity index is 1.37. The highest BCUT2D eigenvalue weighted by Gasteiger charge is 2.30. The average molecular weight is 465 g/mol. The van der Waals surface area contributed by atoms with Crippen LogP contribution >= 0.6 is 0 Å². The van der Waals surface area contributed by atoms with Crippen LogP contribution < -0.4 is 0 Å². The number of sulfone groups is 1. The molecule has 0 spiro atoms. The molecule has 2 aliphatic rings. The maximum Gasteiger partial charge on any atom is 0.150 e. The second-order valence-electron chi connectivity index (χ2n) is 9.32. The van der Waals surface area contributed by atoms with Crippen LogP contribution in [0, 0.1) is 12.7 Å². The number of fused-ring (bicyclic) bond motifs is 1. The van der Waals surface area contributed by atoms with Gasteiger partial charge < -0.3 is 0 Å². The van der Waals surface area contributed by atoms with Gasteiger partial charge >= 0.3 is 0 Å². The Bertz CT molecular complexity index is 1280. The van der Waals surface area contributed by atoms with Crippen molar-refractivity contribution in [3.8, 4) is 11.3 Å². The predicted octanol–water partition coefficient (Wildman–Crippen LogP) is 4.72. The van der Waals surface area contributed by atoms with Gasteiger partial charge in [-0.3, -0.25) is 9.88 Å². The van der Waals surface area contributed by atoms with E-state index in [-0.39, 0.29) is 5.82 Å². The van der Waals surface area contributed by atoms with E-state index in [0.717, 1.165) is 55.5 Å². The summed E-state index contributed by atoms with van der Waals surface area (Å²) in [5.74, 6) is 0.326. The first-order valence-electron chi connectivity index (χ1n) is 11.6. The fraction of sp³-hybridized carbons (Fsp3) is 0.370. The molecular weight excluding hydrogens is 435 g/mol. The second kappa shape index (κ2) is 8.99. The highest BCUT2D eigenvalue weighted by atomic mass is 32.2. The van der Waals surface area contributed by atoms with Gasteiger partial charge in [0.1, 0.15) is 21.3 Å².